The van der Waals surface area contributed by atoms with E-state index < -0.39 is 0 Å². The van der Waals surface area contributed by atoms with E-state index >= 15 is 0 Å². The molecule has 0 aromatic carbocycles. The zero-order valence-electron chi connectivity index (χ0n) is 10.8. The Morgan fingerprint density at radius 1 is 1.38 bits per heavy atom. The number of carbonyl (C=O) groups is 1. The summed E-state index contributed by atoms with van der Waals surface area (Å²) in [5, 5.41) is 3.30. The Morgan fingerprint density at radius 2 is 2.00 bits per heavy atom. The average Bonchev–Trinajstić information content (AvgIpc) is 2.60. The number of hydrogen-bond acceptors (Lipinski definition) is 2. The average molecular weight is 224 g/mol. The molecule has 2 rings (SSSR count). The fourth-order valence-electron chi connectivity index (χ4n) is 2.90. The van der Waals surface area contributed by atoms with Crippen LogP contribution >= 0.6 is 0 Å². The maximum Gasteiger partial charge on any atom is 0.241 e. The molecule has 2 fully saturated rings. The fourth-order valence-corrected chi connectivity index (χ4v) is 2.90. The lowest BCUT2D eigenvalue weighted by Gasteiger charge is -2.38. The fraction of sp³-hybridized carbons (Fsp3) is 0.923. The van der Waals surface area contributed by atoms with Crippen molar-refractivity contribution in [3.8, 4) is 0 Å². The van der Waals surface area contributed by atoms with Gasteiger partial charge in [-0.25, -0.2) is 0 Å². The standard InChI is InChI=1S/C13H24N2O/c1-4-11-12(16)15(9-14-11)10-5-7-13(2,3)8-6-10/h10-11,14H,4-9H2,1-3H3. The molecule has 16 heavy (non-hydrogen) atoms. The molecule has 1 unspecified atom stereocenters. The van der Waals surface area contributed by atoms with E-state index in [2.05, 4.69) is 31.0 Å². The van der Waals surface area contributed by atoms with Crippen LogP contribution in [0.5, 0.6) is 0 Å². The third-order valence-corrected chi connectivity index (χ3v) is 4.25. The highest BCUT2D eigenvalue weighted by molar-refractivity contribution is 5.84. The van der Waals surface area contributed by atoms with Gasteiger partial charge in [0.25, 0.3) is 0 Å². The molecule has 2 aliphatic rings. The van der Waals surface area contributed by atoms with Gasteiger partial charge in [-0.3, -0.25) is 10.1 Å². The van der Waals surface area contributed by atoms with E-state index in [1.807, 2.05) is 0 Å². The second-order valence-corrected chi connectivity index (χ2v) is 6.03. The van der Waals surface area contributed by atoms with Crippen molar-refractivity contribution in [1.29, 1.82) is 0 Å². The van der Waals surface area contributed by atoms with Gasteiger partial charge in [-0.05, 0) is 37.5 Å². The third kappa shape index (κ3) is 2.24. The molecule has 1 amide bonds. The number of nitrogens with zero attached hydrogens (tertiary/aromatic N) is 1. The second-order valence-electron chi connectivity index (χ2n) is 6.03. The maximum atomic E-state index is 12.1. The van der Waals surface area contributed by atoms with Crippen LogP contribution in [0.15, 0.2) is 0 Å². The third-order valence-electron chi connectivity index (χ3n) is 4.25. The predicted octanol–water partition coefficient (Wildman–Crippen LogP) is 2.12. The highest BCUT2D eigenvalue weighted by Crippen LogP contribution is 2.37. The van der Waals surface area contributed by atoms with Gasteiger partial charge in [0.1, 0.15) is 0 Å². The molecule has 0 radical (unpaired) electrons. The lowest BCUT2D eigenvalue weighted by Crippen LogP contribution is -2.42. The van der Waals surface area contributed by atoms with Crippen molar-refractivity contribution in [3.63, 3.8) is 0 Å². The molecule has 1 saturated heterocycles. The molecule has 1 saturated carbocycles. The number of amides is 1. The SMILES string of the molecule is CCC1NCN(C2CCC(C)(C)CC2)C1=O. The van der Waals surface area contributed by atoms with E-state index in [1.165, 1.54) is 25.7 Å². The van der Waals surface area contributed by atoms with Gasteiger partial charge >= 0.3 is 0 Å². The smallest absolute Gasteiger partial charge is 0.241 e. The van der Waals surface area contributed by atoms with Gasteiger partial charge in [-0.1, -0.05) is 20.8 Å². The Hall–Kier alpha value is -0.570. The van der Waals surface area contributed by atoms with Crippen molar-refractivity contribution >= 4 is 5.91 Å². The minimum Gasteiger partial charge on any atom is -0.326 e. The molecule has 1 heterocycles. The molecule has 1 atom stereocenters. The van der Waals surface area contributed by atoms with E-state index in [1.54, 1.807) is 0 Å². The molecule has 1 N–H and O–H groups in total. The Labute approximate surface area is 98.6 Å². The van der Waals surface area contributed by atoms with Crippen molar-refractivity contribution in [2.45, 2.75) is 65.0 Å². The minimum atomic E-state index is 0.0786. The zero-order chi connectivity index (χ0) is 11.8. The largest absolute Gasteiger partial charge is 0.326 e. The first-order valence-electron chi connectivity index (χ1n) is 6.57. The number of nitrogens with one attached hydrogen (secondary N) is 1. The van der Waals surface area contributed by atoms with Crippen LogP contribution in [0.3, 0.4) is 0 Å². The quantitative estimate of drug-likeness (QED) is 0.779. The summed E-state index contributed by atoms with van der Waals surface area (Å²) >= 11 is 0. The summed E-state index contributed by atoms with van der Waals surface area (Å²) in [5.74, 6) is 0.326. The van der Waals surface area contributed by atoms with E-state index in [0.29, 0.717) is 17.4 Å². The summed E-state index contributed by atoms with van der Waals surface area (Å²) in [6.07, 6.45) is 5.76. The number of hydrogen-bond donors (Lipinski definition) is 1. The molecular weight excluding hydrogens is 200 g/mol. The topological polar surface area (TPSA) is 32.3 Å². The van der Waals surface area contributed by atoms with E-state index in [9.17, 15) is 4.79 Å². The van der Waals surface area contributed by atoms with Crippen LogP contribution in [0.25, 0.3) is 0 Å². The van der Waals surface area contributed by atoms with Crippen molar-refractivity contribution in [1.82, 2.24) is 10.2 Å². The van der Waals surface area contributed by atoms with E-state index in [-0.39, 0.29) is 6.04 Å². The molecule has 0 spiro atoms. The maximum absolute atomic E-state index is 12.1. The lowest BCUT2D eigenvalue weighted by molar-refractivity contribution is -0.131. The summed E-state index contributed by atoms with van der Waals surface area (Å²) in [6, 6.07) is 0.569. The minimum absolute atomic E-state index is 0.0786. The Morgan fingerprint density at radius 3 is 2.50 bits per heavy atom. The van der Waals surface area contributed by atoms with Crippen LogP contribution < -0.4 is 5.32 Å². The molecular formula is C13H24N2O. The highest BCUT2D eigenvalue weighted by Gasteiger charge is 2.37. The van der Waals surface area contributed by atoms with Crippen LogP contribution in [0.4, 0.5) is 0 Å². The summed E-state index contributed by atoms with van der Waals surface area (Å²) in [4.78, 5) is 14.1. The second kappa shape index (κ2) is 4.36. The Bertz CT molecular complexity index is 265. The molecule has 92 valence electrons. The monoisotopic (exact) mass is 224 g/mol. The first-order chi connectivity index (χ1) is 7.53. The van der Waals surface area contributed by atoms with Crippen molar-refractivity contribution < 1.29 is 4.79 Å². The van der Waals surface area contributed by atoms with Gasteiger partial charge in [-0.2, -0.15) is 0 Å². The lowest BCUT2D eigenvalue weighted by atomic mass is 9.75. The highest BCUT2D eigenvalue weighted by atomic mass is 16.2. The molecule has 1 aliphatic heterocycles. The van der Waals surface area contributed by atoms with Crippen LogP contribution in [0, 0.1) is 5.41 Å². The first-order valence-corrected chi connectivity index (χ1v) is 6.57. The normalized spacial score (nSPS) is 31.1. The Balaban J connectivity index is 1.93. The van der Waals surface area contributed by atoms with Gasteiger partial charge in [0.2, 0.25) is 5.91 Å². The van der Waals surface area contributed by atoms with Crippen LogP contribution in [0.1, 0.15) is 52.9 Å². The van der Waals surface area contributed by atoms with Crippen molar-refractivity contribution in [2.24, 2.45) is 5.41 Å². The molecule has 0 aromatic heterocycles. The predicted molar refractivity (Wildman–Crippen MR) is 65.0 cm³/mol. The molecule has 1 aliphatic carbocycles. The van der Waals surface area contributed by atoms with Gasteiger partial charge in [0.05, 0.1) is 12.7 Å². The van der Waals surface area contributed by atoms with Gasteiger partial charge < -0.3 is 4.90 Å². The van der Waals surface area contributed by atoms with E-state index in [4.69, 9.17) is 0 Å². The molecule has 3 heteroatoms. The van der Waals surface area contributed by atoms with E-state index in [0.717, 1.165) is 13.1 Å². The van der Waals surface area contributed by atoms with Gasteiger partial charge in [0.15, 0.2) is 0 Å². The summed E-state index contributed by atoms with van der Waals surface area (Å²) < 4.78 is 0. The number of carbonyl (C=O) groups excluding carboxylic acids is 1. The summed E-state index contributed by atoms with van der Waals surface area (Å²) in [5.41, 5.74) is 0.483. The number of rotatable bonds is 2. The van der Waals surface area contributed by atoms with Crippen molar-refractivity contribution in [2.75, 3.05) is 6.67 Å². The first kappa shape index (κ1) is 11.9. The summed E-state index contributed by atoms with van der Waals surface area (Å²) in [6.45, 7) is 7.51. The van der Waals surface area contributed by atoms with Crippen LogP contribution in [-0.4, -0.2) is 29.6 Å². The van der Waals surface area contributed by atoms with Crippen molar-refractivity contribution in [3.05, 3.63) is 0 Å². The Kier molecular flexibility index (Phi) is 3.24. The van der Waals surface area contributed by atoms with Gasteiger partial charge in [-0.15, -0.1) is 0 Å². The summed E-state index contributed by atoms with van der Waals surface area (Å²) in [7, 11) is 0. The zero-order valence-corrected chi connectivity index (χ0v) is 10.8. The molecule has 0 aromatic rings. The van der Waals surface area contributed by atoms with Crippen LogP contribution in [-0.2, 0) is 4.79 Å². The van der Waals surface area contributed by atoms with Crippen LogP contribution in [0.2, 0.25) is 0 Å². The molecule has 3 nitrogen and oxygen atoms in total. The van der Waals surface area contributed by atoms with Gasteiger partial charge in [0, 0.05) is 6.04 Å². The molecule has 0 bridgehead atoms.